The summed E-state index contributed by atoms with van der Waals surface area (Å²) in [6, 6.07) is 7.79. The molecule has 5 heteroatoms. The van der Waals surface area contributed by atoms with E-state index in [1.807, 2.05) is 38.1 Å². The van der Waals surface area contributed by atoms with Gasteiger partial charge in [-0.25, -0.2) is 4.79 Å². The Hall–Kier alpha value is -1.88. The van der Waals surface area contributed by atoms with E-state index in [1.165, 1.54) is 0 Å². The Morgan fingerprint density at radius 1 is 1.25 bits per heavy atom. The second-order valence-electron chi connectivity index (χ2n) is 5.17. The number of rotatable bonds is 4. The van der Waals surface area contributed by atoms with E-state index in [-0.39, 0.29) is 11.9 Å². The quantitative estimate of drug-likeness (QED) is 0.880. The first-order valence-corrected chi connectivity index (χ1v) is 6.72. The maximum atomic E-state index is 12.0. The molecule has 5 nitrogen and oxygen atoms in total. The Morgan fingerprint density at radius 3 is 2.40 bits per heavy atom. The minimum atomic E-state index is -1.01. The first kappa shape index (κ1) is 14.5. The Bertz CT molecular complexity index is 497. The molecular weight excluding hydrogens is 258 g/mol. The van der Waals surface area contributed by atoms with Crippen LogP contribution in [0.25, 0.3) is 0 Å². The average Bonchev–Trinajstić information content (AvgIpc) is 2.89. The number of amides is 1. The number of benzene rings is 1. The van der Waals surface area contributed by atoms with Crippen molar-refractivity contribution < 1.29 is 19.4 Å². The lowest BCUT2D eigenvalue weighted by molar-refractivity contribution is -0.151. The second-order valence-corrected chi connectivity index (χ2v) is 5.17. The highest BCUT2D eigenvalue weighted by Gasteiger charge is 2.35. The molecule has 2 rings (SSSR count). The largest absolute Gasteiger partial charge is 0.479 e. The van der Waals surface area contributed by atoms with E-state index in [2.05, 4.69) is 5.32 Å². The number of ether oxygens (including phenoxy) is 1. The van der Waals surface area contributed by atoms with Gasteiger partial charge < -0.3 is 15.2 Å². The van der Waals surface area contributed by atoms with Crippen LogP contribution in [0.15, 0.2) is 24.3 Å². The fraction of sp³-hybridized carbons (Fsp3) is 0.467. The van der Waals surface area contributed by atoms with Crippen LogP contribution >= 0.6 is 0 Å². The number of carbonyl (C=O) groups is 2. The zero-order valence-corrected chi connectivity index (χ0v) is 11.6. The van der Waals surface area contributed by atoms with Crippen molar-refractivity contribution in [3.05, 3.63) is 35.4 Å². The average molecular weight is 277 g/mol. The Labute approximate surface area is 117 Å². The van der Waals surface area contributed by atoms with Gasteiger partial charge in [-0.1, -0.05) is 29.8 Å². The predicted molar refractivity (Wildman–Crippen MR) is 73.3 cm³/mol. The molecule has 20 heavy (non-hydrogen) atoms. The van der Waals surface area contributed by atoms with E-state index in [0.29, 0.717) is 12.8 Å². The number of carboxylic acids is 1. The zero-order chi connectivity index (χ0) is 14.7. The summed E-state index contributed by atoms with van der Waals surface area (Å²) in [6.45, 7) is 3.90. The molecule has 1 aliphatic rings. The summed E-state index contributed by atoms with van der Waals surface area (Å²) in [4.78, 5) is 22.8. The molecule has 1 fully saturated rings. The van der Waals surface area contributed by atoms with Crippen molar-refractivity contribution in [1.29, 1.82) is 0 Å². The van der Waals surface area contributed by atoms with E-state index in [4.69, 9.17) is 9.84 Å². The minimum Gasteiger partial charge on any atom is -0.479 e. The molecule has 0 bridgehead atoms. The molecule has 1 aromatic rings. The molecule has 0 spiro atoms. The SMILES string of the molecule is Cc1ccc(C(C)NC(=O)C2CCC(C(=O)O)O2)cc1. The van der Waals surface area contributed by atoms with Crippen LogP contribution in [-0.2, 0) is 14.3 Å². The summed E-state index contributed by atoms with van der Waals surface area (Å²) >= 11 is 0. The van der Waals surface area contributed by atoms with Gasteiger partial charge in [-0.05, 0) is 32.3 Å². The predicted octanol–water partition coefficient (Wildman–Crippen LogP) is 1.80. The second kappa shape index (κ2) is 6.05. The lowest BCUT2D eigenvalue weighted by Crippen LogP contribution is -2.37. The fourth-order valence-corrected chi connectivity index (χ4v) is 2.26. The number of aryl methyl sites for hydroxylation is 1. The topological polar surface area (TPSA) is 75.6 Å². The number of aliphatic carboxylic acids is 1. The van der Waals surface area contributed by atoms with Crippen LogP contribution in [0.5, 0.6) is 0 Å². The van der Waals surface area contributed by atoms with Crippen LogP contribution in [0.4, 0.5) is 0 Å². The van der Waals surface area contributed by atoms with E-state index in [1.54, 1.807) is 0 Å². The number of hydrogen-bond donors (Lipinski definition) is 2. The van der Waals surface area contributed by atoms with Gasteiger partial charge in [0.2, 0.25) is 5.91 Å². The van der Waals surface area contributed by atoms with Gasteiger partial charge in [0.15, 0.2) is 6.10 Å². The third kappa shape index (κ3) is 3.36. The monoisotopic (exact) mass is 277 g/mol. The highest BCUT2D eigenvalue weighted by Crippen LogP contribution is 2.21. The minimum absolute atomic E-state index is 0.129. The maximum Gasteiger partial charge on any atom is 0.332 e. The van der Waals surface area contributed by atoms with E-state index < -0.39 is 18.2 Å². The summed E-state index contributed by atoms with van der Waals surface area (Å²) in [6.07, 6.45) is -0.695. The van der Waals surface area contributed by atoms with Gasteiger partial charge in [0, 0.05) is 0 Å². The molecule has 1 heterocycles. The summed E-state index contributed by atoms with van der Waals surface area (Å²) in [5.74, 6) is -1.26. The van der Waals surface area contributed by atoms with Gasteiger partial charge in [-0.15, -0.1) is 0 Å². The molecule has 2 N–H and O–H groups in total. The van der Waals surface area contributed by atoms with Gasteiger partial charge >= 0.3 is 5.97 Å². The lowest BCUT2D eigenvalue weighted by atomic mass is 10.1. The van der Waals surface area contributed by atoms with Gasteiger partial charge in [0.05, 0.1) is 6.04 Å². The van der Waals surface area contributed by atoms with Crippen LogP contribution in [-0.4, -0.2) is 29.2 Å². The highest BCUT2D eigenvalue weighted by atomic mass is 16.5. The summed E-state index contributed by atoms with van der Waals surface area (Å²) in [7, 11) is 0. The highest BCUT2D eigenvalue weighted by molar-refractivity contribution is 5.83. The number of nitrogens with one attached hydrogen (secondary N) is 1. The summed E-state index contributed by atoms with van der Waals surface area (Å²) in [5.41, 5.74) is 2.17. The van der Waals surface area contributed by atoms with Gasteiger partial charge in [-0.2, -0.15) is 0 Å². The van der Waals surface area contributed by atoms with Crippen LogP contribution < -0.4 is 5.32 Å². The van der Waals surface area contributed by atoms with Crippen LogP contribution in [0.3, 0.4) is 0 Å². The zero-order valence-electron chi connectivity index (χ0n) is 11.6. The number of hydrogen-bond acceptors (Lipinski definition) is 3. The molecule has 3 atom stereocenters. The summed E-state index contributed by atoms with van der Waals surface area (Å²) < 4.78 is 5.23. The van der Waals surface area contributed by atoms with Crippen molar-refractivity contribution in [2.24, 2.45) is 0 Å². The molecule has 1 aromatic carbocycles. The van der Waals surface area contributed by atoms with Crippen molar-refractivity contribution in [1.82, 2.24) is 5.32 Å². The van der Waals surface area contributed by atoms with Crippen molar-refractivity contribution in [2.75, 3.05) is 0 Å². The summed E-state index contributed by atoms with van der Waals surface area (Å²) in [5, 5.41) is 11.7. The number of carbonyl (C=O) groups excluding carboxylic acids is 1. The van der Waals surface area contributed by atoms with Crippen LogP contribution in [0.2, 0.25) is 0 Å². The molecule has 0 saturated carbocycles. The van der Waals surface area contributed by atoms with Crippen molar-refractivity contribution in [2.45, 2.75) is 44.9 Å². The van der Waals surface area contributed by atoms with Crippen molar-refractivity contribution >= 4 is 11.9 Å². The maximum absolute atomic E-state index is 12.0. The van der Waals surface area contributed by atoms with E-state index in [9.17, 15) is 9.59 Å². The normalized spacial score (nSPS) is 23.3. The molecule has 1 amide bonds. The molecular formula is C15H19NO4. The van der Waals surface area contributed by atoms with Gasteiger partial charge in [-0.3, -0.25) is 4.79 Å². The Balaban J connectivity index is 1.91. The van der Waals surface area contributed by atoms with Crippen LogP contribution in [0, 0.1) is 6.92 Å². The standard InChI is InChI=1S/C15H19NO4/c1-9-3-5-11(6-4-9)10(2)16-14(17)12-7-8-13(20-12)15(18)19/h3-6,10,12-13H,7-8H2,1-2H3,(H,16,17)(H,18,19). The first-order chi connectivity index (χ1) is 9.47. The third-order valence-corrected chi connectivity index (χ3v) is 3.52. The van der Waals surface area contributed by atoms with Crippen LogP contribution in [0.1, 0.15) is 36.9 Å². The first-order valence-electron chi connectivity index (χ1n) is 6.72. The molecule has 0 aromatic heterocycles. The molecule has 1 aliphatic heterocycles. The molecule has 1 saturated heterocycles. The van der Waals surface area contributed by atoms with Gasteiger partial charge in [0.1, 0.15) is 6.10 Å². The van der Waals surface area contributed by atoms with E-state index in [0.717, 1.165) is 11.1 Å². The Kier molecular flexibility index (Phi) is 4.39. The van der Waals surface area contributed by atoms with Crippen molar-refractivity contribution in [3.8, 4) is 0 Å². The molecule has 0 aliphatic carbocycles. The van der Waals surface area contributed by atoms with Crippen molar-refractivity contribution in [3.63, 3.8) is 0 Å². The fourth-order valence-electron chi connectivity index (χ4n) is 2.26. The Morgan fingerprint density at radius 2 is 1.85 bits per heavy atom. The smallest absolute Gasteiger partial charge is 0.332 e. The third-order valence-electron chi connectivity index (χ3n) is 3.52. The number of carboxylic acid groups (broad SMARTS) is 1. The lowest BCUT2D eigenvalue weighted by Gasteiger charge is -2.17. The molecule has 108 valence electrons. The molecule has 0 radical (unpaired) electrons. The van der Waals surface area contributed by atoms with E-state index >= 15 is 0 Å². The van der Waals surface area contributed by atoms with Gasteiger partial charge in [0.25, 0.3) is 0 Å². The molecule has 3 unspecified atom stereocenters.